The van der Waals surface area contributed by atoms with E-state index in [4.69, 9.17) is 16.7 Å². The molecular formula is C12H8ClFN2O3S. The van der Waals surface area contributed by atoms with E-state index >= 15 is 0 Å². The quantitative estimate of drug-likeness (QED) is 0.804. The lowest BCUT2D eigenvalue weighted by Crippen LogP contribution is -2.20. The van der Waals surface area contributed by atoms with E-state index in [2.05, 4.69) is 10.6 Å². The summed E-state index contributed by atoms with van der Waals surface area (Å²) in [5.74, 6) is -1.80. The molecule has 2 aromatic rings. The third-order valence-corrected chi connectivity index (χ3v) is 3.44. The number of anilines is 2. The molecule has 0 atom stereocenters. The predicted molar refractivity (Wildman–Crippen MR) is 75.3 cm³/mol. The first-order valence-corrected chi connectivity index (χ1v) is 6.57. The van der Waals surface area contributed by atoms with Crippen LogP contribution in [0.25, 0.3) is 0 Å². The number of hydrogen-bond acceptors (Lipinski definition) is 3. The van der Waals surface area contributed by atoms with Gasteiger partial charge in [-0.15, -0.1) is 11.3 Å². The van der Waals surface area contributed by atoms with Crippen LogP contribution in [0.4, 0.5) is 19.9 Å². The highest BCUT2D eigenvalue weighted by Gasteiger charge is 2.14. The molecule has 0 spiro atoms. The van der Waals surface area contributed by atoms with Gasteiger partial charge in [-0.3, -0.25) is 5.32 Å². The summed E-state index contributed by atoms with van der Waals surface area (Å²) in [5.41, 5.74) is 0.199. The van der Waals surface area contributed by atoms with E-state index in [1.807, 2.05) is 0 Å². The second kappa shape index (κ2) is 5.89. The van der Waals surface area contributed by atoms with E-state index in [1.54, 1.807) is 5.38 Å². The molecule has 0 unspecified atom stereocenters. The molecule has 2 rings (SSSR count). The Labute approximate surface area is 122 Å². The van der Waals surface area contributed by atoms with E-state index < -0.39 is 17.8 Å². The summed E-state index contributed by atoms with van der Waals surface area (Å²) in [4.78, 5) is 22.6. The molecule has 1 aromatic heterocycles. The number of rotatable bonds is 3. The highest BCUT2D eigenvalue weighted by Crippen LogP contribution is 2.24. The van der Waals surface area contributed by atoms with Crippen LogP contribution in [0.1, 0.15) is 10.4 Å². The Morgan fingerprint density at radius 2 is 2.00 bits per heavy atom. The van der Waals surface area contributed by atoms with Gasteiger partial charge in [-0.25, -0.2) is 14.0 Å². The molecule has 20 heavy (non-hydrogen) atoms. The Bertz CT molecular complexity index is 674. The van der Waals surface area contributed by atoms with E-state index in [0.717, 1.165) is 17.4 Å². The first kappa shape index (κ1) is 14.3. The molecule has 0 aliphatic rings. The largest absolute Gasteiger partial charge is 0.478 e. The van der Waals surface area contributed by atoms with Crippen molar-refractivity contribution >= 4 is 45.6 Å². The van der Waals surface area contributed by atoms with Gasteiger partial charge in [0.15, 0.2) is 0 Å². The van der Waals surface area contributed by atoms with Crippen molar-refractivity contribution in [1.82, 2.24) is 0 Å². The van der Waals surface area contributed by atoms with Gasteiger partial charge in [-0.05, 0) is 29.6 Å². The number of carbonyl (C=O) groups is 2. The van der Waals surface area contributed by atoms with E-state index in [-0.39, 0.29) is 21.3 Å². The van der Waals surface area contributed by atoms with Crippen LogP contribution in [0.3, 0.4) is 0 Å². The Balaban J connectivity index is 2.07. The molecule has 2 amide bonds. The molecule has 104 valence electrons. The average molecular weight is 315 g/mol. The van der Waals surface area contributed by atoms with Crippen molar-refractivity contribution in [2.45, 2.75) is 0 Å². The van der Waals surface area contributed by atoms with Crippen molar-refractivity contribution in [3.8, 4) is 0 Å². The summed E-state index contributed by atoms with van der Waals surface area (Å²) in [6.45, 7) is 0. The maximum Gasteiger partial charge on any atom is 0.338 e. The maximum absolute atomic E-state index is 13.2. The normalized spacial score (nSPS) is 10.1. The summed E-state index contributed by atoms with van der Waals surface area (Å²) in [7, 11) is 0. The lowest BCUT2D eigenvalue weighted by molar-refractivity contribution is 0.0698. The van der Waals surface area contributed by atoms with Crippen molar-refractivity contribution in [3.63, 3.8) is 0 Å². The van der Waals surface area contributed by atoms with Gasteiger partial charge in [0.2, 0.25) is 0 Å². The third kappa shape index (κ3) is 3.25. The third-order valence-electron chi connectivity index (χ3n) is 2.30. The van der Waals surface area contributed by atoms with Gasteiger partial charge >= 0.3 is 12.0 Å². The number of nitrogens with one attached hydrogen (secondary N) is 2. The summed E-state index contributed by atoms with van der Waals surface area (Å²) >= 11 is 6.60. The Kier molecular flexibility index (Phi) is 4.21. The lowest BCUT2D eigenvalue weighted by Gasteiger charge is -2.07. The first-order valence-electron chi connectivity index (χ1n) is 5.31. The van der Waals surface area contributed by atoms with Crippen LogP contribution < -0.4 is 10.6 Å². The minimum Gasteiger partial charge on any atom is -0.478 e. The Morgan fingerprint density at radius 3 is 2.65 bits per heavy atom. The van der Waals surface area contributed by atoms with Gasteiger partial charge in [0.05, 0.1) is 10.6 Å². The van der Waals surface area contributed by atoms with Crippen LogP contribution in [0, 0.1) is 5.82 Å². The van der Waals surface area contributed by atoms with Crippen LogP contribution in [0.5, 0.6) is 0 Å². The first-order chi connectivity index (χ1) is 9.47. The molecule has 1 aromatic carbocycles. The number of benzene rings is 1. The fraction of sp³-hybridized carbons (Fsp3) is 0. The second-order valence-electron chi connectivity index (χ2n) is 3.68. The maximum atomic E-state index is 13.2. The van der Waals surface area contributed by atoms with Crippen LogP contribution >= 0.6 is 22.9 Å². The molecule has 8 heteroatoms. The van der Waals surface area contributed by atoms with Gasteiger partial charge in [0, 0.05) is 5.69 Å². The molecule has 0 saturated heterocycles. The fourth-order valence-electron chi connectivity index (χ4n) is 1.41. The Morgan fingerprint density at radius 1 is 1.25 bits per heavy atom. The predicted octanol–water partition coefficient (Wildman–Crippen LogP) is 3.88. The molecule has 1 heterocycles. The summed E-state index contributed by atoms with van der Waals surface area (Å²) in [6.07, 6.45) is 0. The molecule has 0 saturated carbocycles. The zero-order valence-corrected chi connectivity index (χ0v) is 11.4. The van der Waals surface area contributed by atoms with Gasteiger partial charge in [-0.1, -0.05) is 11.6 Å². The zero-order valence-electron chi connectivity index (χ0n) is 9.81. The van der Waals surface area contributed by atoms with Crippen LogP contribution in [0.2, 0.25) is 5.02 Å². The van der Waals surface area contributed by atoms with Crippen LogP contribution in [0.15, 0.2) is 29.6 Å². The number of urea groups is 1. The van der Waals surface area contributed by atoms with Gasteiger partial charge in [-0.2, -0.15) is 0 Å². The van der Waals surface area contributed by atoms with E-state index in [0.29, 0.717) is 0 Å². The van der Waals surface area contributed by atoms with Crippen molar-refractivity contribution in [1.29, 1.82) is 0 Å². The molecule has 0 aliphatic heterocycles. The minimum absolute atomic E-state index is 0.00700. The van der Waals surface area contributed by atoms with Crippen molar-refractivity contribution in [2.24, 2.45) is 0 Å². The SMILES string of the molecule is O=C(Nc1ccc(Cl)c(F)c1)Nc1sccc1C(=O)O. The lowest BCUT2D eigenvalue weighted by atomic mass is 10.3. The molecule has 0 bridgehead atoms. The molecular weight excluding hydrogens is 307 g/mol. The van der Waals surface area contributed by atoms with Crippen LogP contribution in [-0.2, 0) is 0 Å². The number of hydrogen-bond donors (Lipinski definition) is 3. The topological polar surface area (TPSA) is 78.4 Å². The molecule has 0 aliphatic carbocycles. The zero-order chi connectivity index (χ0) is 14.7. The monoisotopic (exact) mass is 314 g/mol. The number of carbonyl (C=O) groups excluding carboxylic acids is 1. The number of halogens is 2. The number of amides is 2. The smallest absolute Gasteiger partial charge is 0.338 e. The molecule has 0 radical (unpaired) electrons. The van der Waals surface area contributed by atoms with Gasteiger partial charge in [0.1, 0.15) is 10.8 Å². The summed E-state index contributed by atoms with van der Waals surface area (Å²) in [6, 6.07) is 4.51. The minimum atomic E-state index is -1.14. The van der Waals surface area contributed by atoms with Crippen molar-refractivity contribution in [3.05, 3.63) is 46.0 Å². The number of thiophene rings is 1. The van der Waals surface area contributed by atoms with Crippen molar-refractivity contribution < 1.29 is 19.1 Å². The number of aromatic carboxylic acids is 1. The standard InChI is InChI=1S/C12H8ClFN2O3S/c13-8-2-1-6(5-9(8)14)15-12(19)16-10-7(11(17)18)3-4-20-10/h1-5H,(H,17,18)(H2,15,16,19). The van der Waals surface area contributed by atoms with Crippen LogP contribution in [-0.4, -0.2) is 17.1 Å². The molecule has 5 nitrogen and oxygen atoms in total. The van der Waals surface area contributed by atoms with Gasteiger partial charge in [0.25, 0.3) is 0 Å². The Hall–Kier alpha value is -2.12. The van der Waals surface area contributed by atoms with E-state index in [1.165, 1.54) is 18.2 Å². The summed E-state index contributed by atoms with van der Waals surface area (Å²) < 4.78 is 13.2. The van der Waals surface area contributed by atoms with Gasteiger partial charge < -0.3 is 10.4 Å². The highest BCUT2D eigenvalue weighted by atomic mass is 35.5. The second-order valence-corrected chi connectivity index (χ2v) is 5.00. The van der Waals surface area contributed by atoms with E-state index in [9.17, 15) is 14.0 Å². The average Bonchev–Trinajstić information content (AvgIpc) is 2.82. The number of carboxylic acids is 1. The number of carboxylic acid groups (broad SMARTS) is 1. The molecule has 0 fully saturated rings. The highest BCUT2D eigenvalue weighted by molar-refractivity contribution is 7.14. The summed E-state index contributed by atoms with van der Waals surface area (Å²) in [5, 5.41) is 15.3. The molecule has 3 N–H and O–H groups in total. The fourth-order valence-corrected chi connectivity index (χ4v) is 2.31. The van der Waals surface area contributed by atoms with Crippen molar-refractivity contribution in [2.75, 3.05) is 10.6 Å².